The third kappa shape index (κ3) is 5.00. The minimum Gasteiger partial charge on any atom is -0.325 e. The molecule has 4 nitrogen and oxygen atoms in total. The summed E-state index contributed by atoms with van der Waals surface area (Å²) in [4.78, 5) is 17.2. The molecule has 3 rings (SSSR count). The Balaban J connectivity index is 1.71. The van der Waals surface area contributed by atoms with Crippen LogP contribution in [0.2, 0.25) is 0 Å². The zero-order chi connectivity index (χ0) is 21.0. The van der Waals surface area contributed by atoms with Crippen LogP contribution in [0.5, 0.6) is 0 Å². The number of pyridine rings is 1. The number of carbonyl (C=O) groups is 1. The van der Waals surface area contributed by atoms with Crippen LogP contribution in [0.1, 0.15) is 56.0 Å². The van der Waals surface area contributed by atoms with E-state index in [0.29, 0.717) is 21.9 Å². The first-order valence-corrected chi connectivity index (χ1v) is 11.2. The molecule has 0 radical (unpaired) electrons. The van der Waals surface area contributed by atoms with E-state index in [1.807, 2.05) is 37.3 Å². The fraction of sp³-hybridized carbons (Fsp3) is 0.458. The van der Waals surface area contributed by atoms with Crippen molar-refractivity contribution in [3.8, 4) is 6.07 Å². The fourth-order valence-electron chi connectivity index (χ4n) is 3.82. The molecule has 0 aliphatic heterocycles. The summed E-state index contributed by atoms with van der Waals surface area (Å²) in [5.41, 5.74) is 5.02. The Bertz CT molecular complexity index is 946. The van der Waals surface area contributed by atoms with Crippen molar-refractivity contribution in [2.75, 3.05) is 11.1 Å². The molecule has 1 aliphatic carbocycles. The molecule has 1 aromatic heterocycles. The van der Waals surface area contributed by atoms with Gasteiger partial charge in [-0.25, -0.2) is 4.98 Å². The maximum Gasteiger partial charge on any atom is 0.234 e. The normalized spacial score (nSPS) is 16.0. The quantitative estimate of drug-likeness (QED) is 0.639. The highest BCUT2D eigenvalue weighted by atomic mass is 32.2. The molecule has 1 N–H and O–H groups in total. The smallest absolute Gasteiger partial charge is 0.234 e. The van der Waals surface area contributed by atoms with Gasteiger partial charge >= 0.3 is 0 Å². The van der Waals surface area contributed by atoms with Crippen molar-refractivity contribution in [1.82, 2.24) is 4.98 Å². The van der Waals surface area contributed by atoms with Gasteiger partial charge < -0.3 is 5.32 Å². The molecule has 1 amide bonds. The molecule has 0 bridgehead atoms. The monoisotopic (exact) mass is 407 g/mol. The summed E-state index contributed by atoms with van der Waals surface area (Å²) in [6, 6.07) is 12.0. The lowest BCUT2D eigenvalue weighted by molar-refractivity contribution is -0.113. The average Bonchev–Trinajstić information content (AvgIpc) is 2.72. The molecule has 152 valence electrons. The maximum atomic E-state index is 12.4. The molecule has 2 aromatic rings. The van der Waals surface area contributed by atoms with Crippen LogP contribution in [-0.2, 0) is 17.6 Å². The summed E-state index contributed by atoms with van der Waals surface area (Å²) in [5, 5.41) is 13.2. The number of amides is 1. The van der Waals surface area contributed by atoms with Gasteiger partial charge in [0.25, 0.3) is 0 Å². The van der Waals surface area contributed by atoms with E-state index >= 15 is 0 Å². The second kappa shape index (κ2) is 9.00. The number of aryl methyl sites for hydroxylation is 2. The van der Waals surface area contributed by atoms with Gasteiger partial charge in [0.05, 0.1) is 11.3 Å². The van der Waals surface area contributed by atoms with E-state index in [1.54, 1.807) is 0 Å². The number of rotatable bonds is 6. The third-order valence-corrected chi connectivity index (χ3v) is 7.24. The second-order valence-corrected chi connectivity index (χ2v) is 9.46. The fourth-order valence-corrected chi connectivity index (χ4v) is 4.60. The van der Waals surface area contributed by atoms with Crippen molar-refractivity contribution < 1.29 is 4.79 Å². The van der Waals surface area contributed by atoms with E-state index in [9.17, 15) is 10.1 Å². The van der Waals surface area contributed by atoms with Gasteiger partial charge in [0, 0.05) is 11.4 Å². The number of benzene rings is 1. The molecule has 29 heavy (non-hydrogen) atoms. The van der Waals surface area contributed by atoms with Crippen molar-refractivity contribution in [1.29, 1.82) is 5.26 Å². The van der Waals surface area contributed by atoms with E-state index in [1.165, 1.54) is 17.3 Å². The number of nitrogens with one attached hydrogen (secondary N) is 1. The van der Waals surface area contributed by atoms with Crippen LogP contribution in [0, 0.1) is 29.6 Å². The van der Waals surface area contributed by atoms with Crippen LogP contribution in [0.3, 0.4) is 0 Å². The summed E-state index contributed by atoms with van der Waals surface area (Å²) in [7, 11) is 0. The van der Waals surface area contributed by atoms with Crippen molar-refractivity contribution in [2.45, 2.75) is 58.4 Å². The number of carbonyl (C=O) groups excluding carboxylic acids is 1. The van der Waals surface area contributed by atoms with Crippen LogP contribution in [0.4, 0.5) is 5.69 Å². The number of aromatic nitrogens is 1. The number of thioether (sulfide) groups is 1. The van der Waals surface area contributed by atoms with E-state index < -0.39 is 0 Å². The van der Waals surface area contributed by atoms with Gasteiger partial charge in [-0.1, -0.05) is 57.2 Å². The predicted molar refractivity (Wildman–Crippen MR) is 119 cm³/mol. The van der Waals surface area contributed by atoms with Crippen LogP contribution < -0.4 is 5.32 Å². The van der Waals surface area contributed by atoms with Crippen LogP contribution in [0.15, 0.2) is 35.4 Å². The number of fused-ring (bicyclic) bond motifs is 1. The Morgan fingerprint density at radius 1 is 1.38 bits per heavy atom. The summed E-state index contributed by atoms with van der Waals surface area (Å²) < 4.78 is 0. The highest BCUT2D eigenvalue weighted by Crippen LogP contribution is 2.40. The van der Waals surface area contributed by atoms with Crippen LogP contribution in [-0.4, -0.2) is 16.6 Å². The summed E-state index contributed by atoms with van der Waals surface area (Å²) >= 11 is 1.34. The zero-order valence-corrected chi connectivity index (χ0v) is 18.5. The maximum absolute atomic E-state index is 12.4. The van der Waals surface area contributed by atoms with Crippen molar-refractivity contribution >= 4 is 23.4 Å². The molecule has 1 atom stereocenters. The number of hydrogen-bond donors (Lipinski definition) is 1. The molecule has 0 saturated carbocycles. The summed E-state index contributed by atoms with van der Waals surface area (Å²) in [6.07, 6.45) is 4.20. The molecule has 1 heterocycles. The van der Waals surface area contributed by atoms with Crippen LogP contribution >= 0.6 is 11.8 Å². The van der Waals surface area contributed by atoms with E-state index in [-0.39, 0.29) is 11.7 Å². The van der Waals surface area contributed by atoms with E-state index in [0.717, 1.165) is 42.6 Å². The highest BCUT2D eigenvalue weighted by Gasteiger charge is 2.32. The Morgan fingerprint density at radius 2 is 2.14 bits per heavy atom. The predicted octanol–water partition coefficient (Wildman–Crippen LogP) is 5.53. The zero-order valence-electron chi connectivity index (χ0n) is 17.7. The summed E-state index contributed by atoms with van der Waals surface area (Å²) in [5.74, 6) is 0.768. The molecule has 1 aromatic carbocycles. The molecular weight excluding hydrogens is 378 g/mol. The molecule has 0 spiro atoms. The third-order valence-electron chi connectivity index (χ3n) is 6.25. The Morgan fingerprint density at radius 3 is 2.83 bits per heavy atom. The van der Waals surface area contributed by atoms with Crippen LogP contribution in [0.25, 0.3) is 0 Å². The van der Waals surface area contributed by atoms with Gasteiger partial charge in [-0.3, -0.25) is 4.79 Å². The molecule has 0 saturated heterocycles. The lowest BCUT2D eigenvalue weighted by Gasteiger charge is -2.37. The topological polar surface area (TPSA) is 65.8 Å². The number of nitrogens with zero attached hydrogens (tertiary/aromatic N) is 2. The van der Waals surface area contributed by atoms with Gasteiger partial charge in [-0.2, -0.15) is 5.26 Å². The first-order chi connectivity index (χ1) is 13.8. The molecule has 0 fully saturated rings. The van der Waals surface area contributed by atoms with Crippen molar-refractivity contribution in [3.63, 3.8) is 0 Å². The average molecular weight is 408 g/mol. The van der Waals surface area contributed by atoms with E-state index in [4.69, 9.17) is 4.98 Å². The first kappa shape index (κ1) is 21.4. The minimum absolute atomic E-state index is 0.0857. The second-order valence-electron chi connectivity index (χ2n) is 8.49. The Hall–Kier alpha value is -2.32. The Labute approximate surface area is 178 Å². The summed E-state index contributed by atoms with van der Waals surface area (Å²) in [6.45, 7) is 8.88. The van der Waals surface area contributed by atoms with Crippen molar-refractivity contribution in [2.24, 2.45) is 11.3 Å². The molecular formula is C24H29N3OS. The first-order valence-electron chi connectivity index (χ1n) is 10.2. The number of anilines is 1. The van der Waals surface area contributed by atoms with Gasteiger partial charge in [0.2, 0.25) is 5.91 Å². The van der Waals surface area contributed by atoms with Crippen molar-refractivity contribution in [3.05, 3.63) is 52.7 Å². The molecule has 0 unspecified atom stereocenters. The standard InChI is InChI=1S/C24H29N3OS/c1-5-24(3,4)19-10-11-21-17(13-19)12-18(14-25)23(27-21)29-15-22(28)26-20-9-7-6-8-16(20)2/h6-9,12,19H,5,10-11,13,15H2,1-4H3,(H,26,28)/t19-/m0/s1. The lowest BCUT2D eigenvalue weighted by atomic mass is 9.69. The lowest BCUT2D eigenvalue weighted by Crippen LogP contribution is -2.29. The molecule has 5 heteroatoms. The number of para-hydroxylation sites is 1. The minimum atomic E-state index is -0.0857. The van der Waals surface area contributed by atoms with Gasteiger partial charge in [0.1, 0.15) is 11.1 Å². The SMILES string of the molecule is CCC(C)(C)[C@H]1CCc2nc(SCC(=O)Nc3ccccc3C)c(C#N)cc2C1. The highest BCUT2D eigenvalue weighted by molar-refractivity contribution is 8.00. The van der Waals surface area contributed by atoms with Gasteiger partial charge in [0.15, 0.2) is 0 Å². The number of hydrogen-bond acceptors (Lipinski definition) is 4. The number of nitriles is 1. The molecule has 1 aliphatic rings. The van der Waals surface area contributed by atoms with E-state index in [2.05, 4.69) is 32.2 Å². The largest absolute Gasteiger partial charge is 0.325 e. The van der Waals surface area contributed by atoms with Gasteiger partial charge in [-0.05, 0) is 60.8 Å². The van der Waals surface area contributed by atoms with Gasteiger partial charge in [-0.15, -0.1) is 0 Å². The Kier molecular flexibility index (Phi) is 6.64.